The van der Waals surface area contributed by atoms with Crippen molar-refractivity contribution in [3.63, 3.8) is 0 Å². The summed E-state index contributed by atoms with van der Waals surface area (Å²) in [6.45, 7) is 2.74. The first-order valence-corrected chi connectivity index (χ1v) is 5.20. The van der Waals surface area contributed by atoms with Gasteiger partial charge in [0.15, 0.2) is 5.82 Å². The minimum atomic E-state index is 0.332. The second-order valence-electron chi connectivity index (χ2n) is 3.31. The van der Waals surface area contributed by atoms with E-state index in [4.69, 9.17) is 11.6 Å². The van der Waals surface area contributed by atoms with Crippen LogP contribution in [0.15, 0.2) is 24.3 Å². The Morgan fingerprint density at radius 1 is 1.33 bits per heavy atom. The van der Waals surface area contributed by atoms with E-state index in [0.29, 0.717) is 18.2 Å². The minimum absolute atomic E-state index is 0.332. The van der Waals surface area contributed by atoms with Crippen LogP contribution in [-0.2, 0) is 12.4 Å². The Hall–Kier alpha value is -1.42. The molecule has 0 saturated carbocycles. The minimum Gasteiger partial charge on any atom is -0.224 e. The lowest BCUT2D eigenvalue weighted by atomic mass is 10.1. The zero-order chi connectivity index (χ0) is 10.7. The Morgan fingerprint density at radius 3 is 2.87 bits per heavy atom. The summed E-state index contributed by atoms with van der Waals surface area (Å²) < 4.78 is 1.72. The van der Waals surface area contributed by atoms with Crippen molar-refractivity contribution in [1.29, 1.82) is 0 Å². The molecule has 1 aromatic carbocycles. The van der Waals surface area contributed by atoms with Crippen LogP contribution >= 0.6 is 11.6 Å². The van der Waals surface area contributed by atoms with E-state index in [1.807, 2.05) is 12.1 Å². The standard InChI is InChI=1S/C10H11ClN4/c1-8-4-2-3-5-9(8)7-15-10(6-11)12-13-14-15/h2-5H,6-7H2,1H3. The van der Waals surface area contributed by atoms with Gasteiger partial charge in [-0.2, -0.15) is 0 Å². The number of aryl methyl sites for hydroxylation is 1. The molecule has 78 valence electrons. The lowest BCUT2D eigenvalue weighted by Gasteiger charge is -2.05. The number of alkyl halides is 1. The third-order valence-corrected chi connectivity index (χ3v) is 2.55. The molecule has 4 nitrogen and oxygen atoms in total. The van der Waals surface area contributed by atoms with Crippen LogP contribution < -0.4 is 0 Å². The number of rotatable bonds is 3. The molecule has 0 fully saturated rings. The highest BCUT2D eigenvalue weighted by Crippen LogP contribution is 2.09. The van der Waals surface area contributed by atoms with Gasteiger partial charge < -0.3 is 0 Å². The van der Waals surface area contributed by atoms with Crippen LogP contribution in [0.5, 0.6) is 0 Å². The molecule has 0 radical (unpaired) electrons. The topological polar surface area (TPSA) is 43.6 Å². The molecule has 0 aliphatic rings. The predicted octanol–water partition coefficient (Wildman–Crippen LogP) is 1.77. The van der Waals surface area contributed by atoms with Gasteiger partial charge in [0, 0.05) is 0 Å². The third kappa shape index (κ3) is 2.15. The van der Waals surface area contributed by atoms with E-state index in [2.05, 4.69) is 34.6 Å². The van der Waals surface area contributed by atoms with Gasteiger partial charge in [-0.05, 0) is 28.5 Å². The molecule has 5 heteroatoms. The molecule has 0 unspecified atom stereocenters. The summed E-state index contributed by atoms with van der Waals surface area (Å²) in [5.74, 6) is 1.03. The number of halogens is 1. The molecule has 2 aromatic rings. The zero-order valence-corrected chi connectivity index (χ0v) is 9.15. The van der Waals surface area contributed by atoms with Crippen LogP contribution in [0.1, 0.15) is 17.0 Å². The maximum absolute atomic E-state index is 5.72. The molecule has 1 heterocycles. The highest BCUT2D eigenvalue weighted by atomic mass is 35.5. The van der Waals surface area contributed by atoms with Crippen molar-refractivity contribution in [2.24, 2.45) is 0 Å². The maximum atomic E-state index is 5.72. The van der Waals surface area contributed by atoms with Gasteiger partial charge in [-0.25, -0.2) is 4.68 Å². The summed E-state index contributed by atoms with van der Waals surface area (Å²) in [4.78, 5) is 0. The molecular weight excluding hydrogens is 212 g/mol. The number of nitrogens with zero attached hydrogens (tertiary/aromatic N) is 4. The van der Waals surface area contributed by atoms with E-state index < -0.39 is 0 Å². The SMILES string of the molecule is Cc1ccccc1Cn1nnnc1CCl. The van der Waals surface area contributed by atoms with Crippen molar-refractivity contribution in [2.45, 2.75) is 19.3 Å². The molecule has 0 spiro atoms. The van der Waals surface area contributed by atoms with Crippen molar-refractivity contribution >= 4 is 11.6 Å². The number of tetrazole rings is 1. The van der Waals surface area contributed by atoms with Gasteiger partial charge in [0.1, 0.15) is 0 Å². The number of aromatic nitrogens is 4. The zero-order valence-electron chi connectivity index (χ0n) is 8.39. The van der Waals surface area contributed by atoms with E-state index in [1.54, 1.807) is 4.68 Å². The van der Waals surface area contributed by atoms with Crippen molar-refractivity contribution in [3.8, 4) is 0 Å². The van der Waals surface area contributed by atoms with E-state index in [1.165, 1.54) is 11.1 Å². The van der Waals surface area contributed by atoms with Crippen LogP contribution in [0.25, 0.3) is 0 Å². The summed E-state index contributed by atoms with van der Waals surface area (Å²) in [7, 11) is 0. The first-order valence-electron chi connectivity index (χ1n) is 4.67. The van der Waals surface area contributed by atoms with E-state index in [0.717, 1.165) is 0 Å². The van der Waals surface area contributed by atoms with E-state index in [9.17, 15) is 0 Å². The van der Waals surface area contributed by atoms with Crippen LogP contribution in [0.2, 0.25) is 0 Å². The first kappa shape index (κ1) is 10.1. The highest BCUT2D eigenvalue weighted by Gasteiger charge is 2.05. The van der Waals surface area contributed by atoms with Crippen molar-refractivity contribution in [3.05, 3.63) is 41.2 Å². The molecule has 0 N–H and O–H groups in total. The summed E-state index contributed by atoms with van der Waals surface area (Å²) in [6.07, 6.45) is 0. The van der Waals surface area contributed by atoms with Gasteiger partial charge in [-0.15, -0.1) is 16.7 Å². The Kier molecular flexibility index (Phi) is 2.97. The lowest BCUT2D eigenvalue weighted by molar-refractivity contribution is 0.628. The van der Waals surface area contributed by atoms with Crippen LogP contribution in [0.3, 0.4) is 0 Å². The average Bonchev–Trinajstić information content (AvgIpc) is 2.69. The number of benzene rings is 1. The van der Waals surface area contributed by atoms with Gasteiger partial charge in [0.25, 0.3) is 0 Å². The molecule has 0 saturated heterocycles. The molecule has 0 amide bonds. The maximum Gasteiger partial charge on any atom is 0.166 e. The molecular formula is C10H11ClN4. The van der Waals surface area contributed by atoms with Gasteiger partial charge in [-0.3, -0.25) is 0 Å². The van der Waals surface area contributed by atoms with Crippen molar-refractivity contribution < 1.29 is 0 Å². The molecule has 0 atom stereocenters. The fourth-order valence-electron chi connectivity index (χ4n) is 1.39. The summed E-state index contributed by atoms with van der Waals surface area (Å²) >= 11 is 5.72. The molecule has 1 aromatic heterocycles. The summed E-state index contributed by atoms with van der Waals surface area (Å²) in [6, 6.07) is 8.16. The van der Waals surface area contributed by atoms with Gasteiger partial charge in [0.05, 0.1) is 12.4 Å². The van der Waals surface area contributed by atoms with Gasteiger partial charge >= 0.3 is 0 Å². The third-order valence-electron chi connectivity index (χ3n) is 2.31. The molecule has 2 rings (SSSR count). The fourth-order valence-corrected chi connectivity index (χ4v) is 1.58. The largest absolute Gasteiger partial charge is 0.224 e. The molecule has 0 bridgehead atoms. The normalized spacial score (nSPS) is 10.5. The monoisotopic (exact) mass is 222 g/mol. The van der Waals surface area contributed by atoms with Gasteiger partial charge in [0.2, 0.25) is 0 Å². The van der Waals surface area contributed by atoms with E-state index in [-0.39, 0.29) is 0 Å². The number of hydrogen-bond donors (Lipinski definition) is 0. The Balaban J connectivity index is 2.26. The fraction of sp³-hybridized carbons (Fsp3) is 0.300. The van der Waals surface area contributed by atoms with Crippen molar-refractivity contribution in [2.75, 3.05) is 0 Å². The second kappa shape index (κ2) is 4.40. The molecule has 0 aliphatic carbocycles. The average molecular weight is 223 g/mol. The second-order valence-corrected chi connectivity index (χ2v) is 3.58. The Bertz CT molecular complexity index is 452. The highest BCUT2D eigenvalue weighted by molar-refractivity contribution is 6.16. The van der Waals surface area contributed by atoms with Crippen LogP contribution in [0, 0.1) is 6.92 Å². The molecule has 0 aliphatic heterocycles. The Labute approximate surface area is 92.9 Å². The lowest BCUT2D eigenvalue weighted by Crippen LogP contribution is -2.06. The Morgan fingerprint density at radius 2 is 2.13 bits per heavy atom. The summed E-state index contributed by atoms with van der Waals surface area (Å²) in [5.41, 5.74) is 2.43. The van der Waals surface area contributed by atoms with Gasteiger partial charge in [-0.1, -0.05) is 24.3 Å². The van der Waals surface area contributed by atoms with Crippen molar-refractivity contribution in [1.82, 2.24) is 20.2 Å². The first-order chi connectivity index (χ1) is 7.31. The van der Waals surface area contributed by atoms with Crippen LogP contribution in [-0.4, -0.2) is 20.2 Å². The molecule has 15 heavy (non-hydrogen) atoms. The van der Waals surface area contributed by atoms with Crippen LogP contribution in [0.4, 0.5) is 0 Å². The summed E-state index contributed by atoms with van der Waals surface area (Å²) in [5, 5.41) is 11.3. The van der Waals surface area contributed by atoms with E-state index >= 15 is 0 Å². The quantitative estimate of drug-likeness (QED) is 0.744. The number of hydrogen-bond acceptors (Lipinski definition) is 3. The smallest absolute Gasteiger partial charge is 0.166 e. The predicted molar refractivity (Wildman–Crippen MR) is 57.7 cm³/mol.